The summed E-state index contributed by atoms with van der Waals surface area (Å²) in [6.07, 6.45) is 7.32. The molecule has 9 heteroatoms. The molecule has 128 valence electrons. The van der Waals surface area contributed by atoms with Gasteiger partial charge in [-0.05, 0) is 26.0 Å². The molecule has 23 heavy (non-hydrogen) atoms. The van der Waals surface area contributed by atoms with Gasteiger partial charge in [0.05, 0.1) is 24.2 Å². The Morgan fingerprint density at radius 1 is 1.48 bits per heavy atom. The lowest BCUT2D eigenvalue weighted by atomic mass is 10.1. The maximum Gasteiger partial charge on any atom is 0.221 e. The van der Waals surface area contributed by atoms with Gasteiger partial charge in [-0.3, -0.25) is 9.67 Å². The number of rotatable bonds is 5. The highest BCUT2D eigenvalue weighted by molar-refractivity contribution is 7.88. The van der Waals surface area contributed by atoms with Crippen molar-refractivity contribution in [2.24, 2.45) is 9.98 Å². The normalized spacial score (nSPS) is 18.1. The highest BCUT2D eigenvalue weighted by Gasteiger charge is 2.26. The van der Waals surface area contributed by atoms with Crippen molar-refractivity contribution in [3.05, 3.63) is 12.4 Å². The SMILES string of the molecule is C=N/C(=N\CCC)Nc1cnn(C2CCN(S(C)(=O)=O)CC2)c1. The van der Waals surface area contributed by atoms with Crippen LogP contribution in [-0.4, -0.2) is 61.1 Å². The minimum absolute atomic E-state index is 0.205. The number of sulfonamides is 1. The summed E-state index contributed by atoms with van der Waals surface area (Å²) in [4.78, 5) is 8.14. The fourth-order valence-corrected chi connectivity index (χ4v) is 3.39. The topological polar surface area (TPSA) is 91.9 Å². The van der Waals surface area contributed by atoms with E-state index in [4.69, 9.17) is 0 Å². The summed E-state index contributed by atoms with van der Waals surface area (Å²) in [5, 5.41) is 7.45. The molecule has 1 aromatic heterocycles. The third-order valence-electron chi connectivity index (χ3n) is 3.76. The molecule has 1 saturated heterocycles. The molecular weight excluding hydrogens is 316 g/mol. The zero-order valence-electron chi connectivity index (χ0n) is 13.6. The number of hydrogen-bond acceptors (Lipinski definition) is 4. The van der Waals surface area contributed by atoms with Gasteiger partial charge in [0.15, 0.2) is 0 Å². The molecule has 0 radical (unpaired) electrons. The molecule has 8 nitrogen and oxygen atoms in total. The van der Waals surface area contributed by atoms with Gasteiger partial charge >= 0.3 is 0 Å². The summed E-state index contributed by atoms with van der Waals surface area (Å²) in [7, 11) is -3.10. The summed E-state index contributed by atoms with van der Waals surface area (Å²) < 4.78 is 26.5. The van der Waals surface area contributed by atoms with E-state index < -0.39 is 10.0 Å². The first-order chi connectivity index (χ1) is 10.9. The Morgan fingerprint density at radius 2 is 2.17 bits per heavy atom. The summed E-state index contributed by atoms with van der Waals surface area (Å²) in [6.45, 7) is 7.31. The second kappa shape index (κ2) is 7.69. The number of aromatic nitrogens is 2. The van der Waals surface area contributed by atoms with E-state index in [0.717, 1.165) is 24.9 Å². The molecule has 0 atom stereocenters. The molecule has 0 bridgehead atoms. The van der Waals surface area contributed by atoms with Gasteiger partial charge in [-0.15, -0.1) is 0 Å². The van der Waals surface area contributed by atoms with E-state index in [0.29, 0.717) is 25.6 Å². The van der Waals surface area contributed by atoms with Gasteiger partial charge in [0, 0.05) is 25.8 Å². The highest BCUT2D eigenvalue weighted by Crippen LogP contribution is 2.24. The standard InChI is InChI=1S/C14H24N6O2S/c1-4-7-16-14(15-2)18-12-10-17-20(11-12)13-5-8-19(9-6-13)23(3,21)22/h10-11,13H,2,4-9H2,1,3H3,(H,16,18). The van der Waals surface area contributed by atoms with E-state index in [1.807, 2.05) is 17.8 Å². The van der Waals surface area contributed by atoms with Crippen LogP contribution in [0.25, 0.3) is 0 Å². The Morgan fingerprint density at radius 3 is 2.74 bits per heavy atom. The highest BCUT2D eigenvalue weighted by atomic mass is 32.2. The second-order valence-corrected chi connectivity index (χ2v) is 7.57. The van der Waals surface area contributed by atoms with Gasteiger partial charge in [-0.2, -0.15) is 5.10 Å². The van der Waals surface area contributed by atoms with Crippen molar-refractivity contribution >= 4 is 28.4 Å². The molecule has 1 aliphatic rings. The third kappa shape index (κ3) is 4.87. The van der Waals surface area contributed by atoms with Crippen molar-refractivity contribution < 1.29 is 8.42 Å². The molecule has 0 spiro atoms. The molecule has 0 aliphatic carbocycles. The first-order valence-electron chi connectivity index (χ1n) is 7.71. The van der Waals surface area contributed by atoms with Crippen LogP contribution in [0.1, 0.15) is 32.2 Å². The second-order valence-electron chi connectivity index (χ2n) is 5.59. The van der Waals surface area contributed by atoms with Gasteiger partial charge in [0.1, 0.15) is 0 Å². The number of anilines is 1. The Hall–Kier alpha value is -1.74. The third-order valence-corrected chi connectivity index (χ3v) is 5.06. The molecule has 0 saturated carbocycles. The van der Waals surface area contributed by atoms with Crippen LogP contribution in [-0.2, 0) is 10.0 Å². The predicted octanol–water partition coefficient (Wildman–Crippen LogP) is 1.36. The largest absolute Gasteiger partial charge is 0.322 e. The van der Waals surface area contributed by atoms with E-state index in [1.54, 1.807) is 6.20 Å². The molecule has 2 rings (SSSR count). The van der Waals surface area contributed by atoms with Crippen molar-refractivity contribution in [3.63, 3.8) is 0 Å². The molecule has 1 aliphatic heterocycles. The van der Waals surface area contributed by atoms with Gasteiger partial charge in [-0.1, -0.05) is 6.92 Å². The minimum atomic E-state index is -3.10. The molecule has 1 N–H and O–H groups in total. The summed E-state index contributed by atoms with van der Waals surface area (Å²) >= 11 is 0. The van der Waals surface area contributed by atoms with Gasteiger partial charge < -0.3 is 5.32 Å². The summed E-state index contributed by atoms with van der Waals surface area (Å²) in [5.41, 5.74) is 0.804. The Kier molecular flexibility index (Phi) is 5.89. The predicted molar refractivity (Wildman–Crippen MR) is 92.7 cm³/mol. The lowest BCUT2D eigenvalue weighted by Gasteiger charge is -2.30. The molecule has 0 amide bonds. The lowest BCUT2D eigenvalue weighted by Crippen LogP contribution is -2.38. The first-order valence-corrected chi connectivity index (χ1v) is 9.56. The van der Waals surface area contributed by atoms with E-state index in [-0.39, 0.29) is 6.04 Å². The molecule has 0 unspecified atom stereocenters. The van der Waals surface area contributed by atoms with Crippen molar-refractivity contribution in [1.29, 1.82) is 0 Å². The van der Waals surface area contributed by atoms with Crippen LogP contribution in [0.4, 0.5) is 5.69 Å². The molecular formula is C14H24N6O2S. The maximum atomic E-state index is 11.5. The van der Waals surface area contributed by atoms with Gasteiger partial charge in [-0.25, -0.2) is 17.7 Å². The van der Waals surface area contributed by atoms with Crippen molar-refractivity contribution in [2.45, 2.75) is 32.2 Å². The minimum Gasteiger partial charge on any atom is -0.322 e. The Bertz CT molecular complexity index is 659. The van der Waals surface area contributed by atoms with E-state index in [9.17, 15) is 8.42 Å². The first kappa shape index (κ1) is 17.6. The van der Waals surface area contributed by atoms with Crippen LogP contribution >= 0.6 is 0 Å². The van der Waals surface area contributed by atoms with Crippen LogP contribution in [0, 0.1) is 0 Å². The Balaban J connectivity index is 1.96. The number of nitrogens with zero attached hydrogens (tertiary/aromatic N) is 5. The fourth-order valence-electron chi connectivity index (χ4n) is 2.52. The smallest absolute Gasteiger partial charge is 0.221 e. The van der Waals surface area contributed by atoms with Crippen molar-refractivity contribution in [2.75, 3.05) is 31.2 Å². The van der Waals surface area contributed by atoms with Gasteiger partial charge in [0.25, 0.3) is 0 Å². The lowest BCUT2D eigenvalue weighted by molar-refractivity contribution is 0.262. The zero-order valence-corrected chi connectivity index (χ0v) is 14.5. The van der Waals surface area contributed by atoms with Crippen LogP contribution in [0.15, 0.2) is 22.4 Å². The van der Waals surface area contributed by atoms with Crippen LogP contribution < -0.4 is 5.32 Å². The number of aliphatic imine (C=N–C) groups is 2. The number of guanidine groups is 1. The molecule has 2 heterocycles. The quantitative estimate of drug-likeness (QED) is 0.647. The average Bonchev–Trinajstić information content (AvgIpc) is 2.99. The van der Waals surface area contributed by atoms with E-state index in [1.165, 1.54) is 10.6 Å². The van der Waals surface area contributed by atoms with E-state index >= 15 is 0 Å². The summed E-state index contributed by atoms with van der Waals surface area (Å²) in [6, 6.07) is 0.205. The van der Waals surface area contributed by atoms with Crippen LogP contribution in [0.2, 0.25) is 0 Å². The van der Waals surface area contributed by atoms with Crippen LogP contribution in [0.5, 0.6) is 0 Å². The Labute approximate surface area is 137 Å². The van der Waals surface area contributed by atoms with E-state index in [2.05, 4.69) is 27.1 Å². The maximum absolute atomic E-state index is 11.5. The fraction of sp³-hybridized carbons (Fsp3) is 0.643. The summed E-state index contributed by atoms with van der Waals surface area (Å²) in [5.74, 6) is 0.485. The number of piperidine rings is 1. The number of nitrogens with one attached hydrogen (secondary N) is 1. The van der Waals surface area contributed by atoms with Gasteiger partial charge in [0.2, 0.25) is 16.0 Å². The zero-order chi connectivity index (χ0) is 16.9. The van der Waals surface area contributed by atoms with Crippen molar-refractivity contribution in [3.8, 4) is 0 Å². The molecule has 1 fully saturated rings. The monoisotopic (exact) mass is 340 g/mol. The van der Waals surface area contributed by atoms with Crippen LogP contribution in [0.3, 0.4) is 0 Å². The average molecular weight is 340 g/mol. The number of hydrogen-bond donors (Lipinski definition) is 1. The van der Waals surface area contributed by atoms with Crippen molar-refractivity contribution in [1.82, 2.24) is 14.1 Å². The molecule has 1 aromatic rings. The molecule has 0 aromatic carbocycles.